The van der Waals surface area contributed by atoms with Gasteiger partial charge < -0.3 is 19.5 Å². The molecule has 0 aromatic carbocycles. The minimum Gasteiger partial charge on any atom is -0.381 e. The molecule has 1 aromatic rings. The lowest BCUT2D eigenvalue weighted by atomic mass is 9.99. The summed E-state index contributed by atoms with van der Waals surface area (Å²) >= 11 is 0. The topological polar surface area (TPSA) is 59.4 Å². The standard InChI is InChI=1S/C16H23F3N4O2/c1-22(15(24)20-6-11-4-5-25-10-11)7-12-2-3-14-21-13(16(17,18)19)9-23(14)8-12/h9,11-12H,2-8,10H2,1H3,(H,20,24)/t11-,12-/m1/s1. The van der Waals surface area contributed by atoms with Crippen LogP contribution in [-0.2, 0) is 23.9 Å². The molecule has 2 aliphatic rings. The predicted octanol–water partition coefficient (Wildman–Crippen LogP) is 2.14. The molecule has 1 saturated heterocycles. The van der Waals surface area contributed by atoms with Gasteiger partial charge in [-0.15, -0.1) is 0 Å². The summed E-state index contributed by atoms with van der Waals surface area (Å²) in [6.45, 7) is 2.97. The van der Waals surface area contributed by atoms with Crippen molar-refractivity contribution in [2.75, 3.05) is 33.4 Å². The third-order valence-corrected chi connectivity index (χ3v) is 4.83. The molecule has 2 amide bonds. The van der Waals surface area contributed by atoms with Gasteiger partial charge in [0.2, 0.25) is 0 Å². The summed E-state index contributed by atoms with van der Waals surface area (Å²) in [7, 11) is 1.71. The van der Waals surface area contributed by atoms with Gasteiger partial charge in [0.1, 0.15) is 5.82 Å². The second-order valence-electron chi connectivity index (χ2n) is 6.89. The Labute approximate surface area is 144 Å². The minimum absolute atomic E-state index is 0.119. The highest BCUT2D eigenvalue weighted by atomic mass is 19.4. The van der Waals surface area contributed by atoms with Crippen molar-refractivity contribution in [3.05, 3.63) is 17.7 Å². The maximum Gasteiger partial charge on any atom is 0.434 e. The van der Waals surface area contributed by atoms with Gasteiger partial charge in [-0.05, 0) is 18.8 Å². The number of ether oxygens (including phenoxy) is 1. The summed E-state index contributed by atoms with van der Waals surface area (Å²) in [6, 6.07) is -0.153. The molecular formula is C16H23F3N4O2. The van der Waals surface area contributed by atoms with E-state index in [-0.39, 0.29) is 11.9 Å². The normalized spacial score (nSPS) is 23.4. The van der Waals surface area contributed by atoms with Crippen LogP contribution in [0.15, 0.2) is 6.20 Å². The Hall–Kier alpha value is -1.77. The van der Waals surface area contributed by atoms with Crippen molar-refractivity contribution >= 4 is 6.03 Å². The number of aryl methyl sites for hydroxylation is 1. The van der Waals surface area contributed by atoms with E-state index in [0.29, 0.717) is 44.4 Å². The van der Waals surface area contributed by atoms with Crippen molar-refractivity contribution in [2.45, 2.75) is 32.0 Å². The summed E-state index contributed by atoms with van der Waals surface area (Å²) in [5.41, 5.74) is -0.840. The van der Waals surface area contributed by atoms with E-state index in [0.717, 1.165) is 25.6 Å². The van der Waals surface area contributed by atoms with Crippen LogP contribution in [0, 0.1) is 11.8 Å². The molecule has 0 aliphatic carbocycles. The molecule has 2 atom stereocenters. The Morgan fingerprint density at radius 3 is 2.92 bits per heavy atom. The van der Waals surface area contributed by atoms with Crippen LogP contribution >= 0.6 is 0 Å². The molecule has 9 heteroatoms. The van der Waals surface area contributed by atoms with Crippen LogP contribution in [0.1, 0.15) is 24.4 Å². The van der Waals surface area contributed by atoms with Gasteiger partial charge in [0.25, 0.3) is 0 Å². The highest BCUT2D eigenvalue weighted by Crippen LogP contribution is 2.30. The monoisotopic (exact) mass is 360 g/mol. The van der Waals surface area contributed by atoms with Crippen molar-refractivity contribution in [1.82, 2.24) is 19.8 Å². The van der Waals surface area contributed by atoms with E-state index in [4.69, 9.17) is 4.74 Å². The average molecular weight is 360 g/mol. The van der Waals surface area contributed by atoms with Crippen LogP contribution < -0.4 is 5.32 Å². The van der Waals surface area contributed by atoms with Gasteiger partial charge in [0, 0.05) is 51.8 Å². The van der Waals surface area contributed by atoms with Crippen LogP contribution in [-0.4, -0.2) is 53.8 Å². The summed E-state index contributed by atoms with van der Waals surface area (Å²) in [4.78, 5) is 17.4. The quantitative estimate of drug-likeness (QED) is 0.895. The van der Waals surface area contributed by atoms with Gasteiger partial charge >= 0.3 is 12.2 Å². The number of halogens is 3. The number of rotatable bonds is 4. The van der Waals surface area contributed by atoms with Crippen LogP contribution in [0.25, 0.3) is 0 Å². The van der Waals surface area contributed by atoms with Crippen LogP contribution in [0.3, 0.4) is 0 Å². The molecule has 0 unspecified atom stereocenters. The number of alkyl halides is 3. The minimum atomic E-state index is -4.42. The van der Waals surface area contributed by atoms with Gasteiger partial charge in [-0.25, -0.2) is 9.78 Å². The Balaban J connectivity index is 1.50. The van der Waals surface area contributed by atoms with E-state index in [1.165, 1.54) is 0 Å². The Bertz CT molecular complexity index is 611. The Kier molecular flexibility index (Phi) is 5.21. The zero-order valence-electron chi connectivity index (χ0n) is 14.2. The summed E-state index contributed by atoms with van der Waals surface area (Å²) < 4.78 is 45.1. The van der Waals surface area contributed by atoms with Crippen molar-refractivity contribution in [3.63, 3.8) is 0 Å². The lowest BCUT2D eigenvalue weighted by Gasteiger charge is -2.28. The van der Waals surface area contributed by atoms with E-state index in [2.05, 4.69) is 10.3 Å². The number of fused-ring (bicyclic) bond motifs is 1. The van der Waals surface area contributed by atoms with Crippen molar-refractivity contribution in [3.8, 4) is 0 Å². The number of imidazole rings is 1. The maximum absolute atomic E-state index is 12.8. The number of nitrogens with one attached hydrogen (secondary N) is 1. The number of hydrogen-bond acceptors (Lipinski definition) is 3. The van der Waals surface area contributed by atoms with Gasteiger partial charge in [-0.3, -0.25) is 0 Å². The highest BCUT2D eigenvalue weighted by Gasteiger charge is 2.36. The molecule has 3 heterocycles. The van der Waals surface area contributed by atoms with E-state index in [1.54, 1.807) is 16.5 Å². The van der Waals surface area contributed by atoms with Gasteiger partial charge in [0.05, 0.1) is 6.61 Å². The van der Waals surface area contributed by atoms with Crippen molar-refractivity contribution in [1.29, 1.82) is 0 Å². The lowest BCUT2D eigenvalue weighted by Crippen LogP contribution is -2.43. The lowest BCUT2D eigenvalue weighted by molar-refractivity contribution is -0.141. The first kappa shape index (κ1) is 18.0. The first-order valence-corrected chi connectivity index (χ1v) is 8.53. The van der Waals surface area contributed by atoms with Crippen LogP contribution in [0.5, 0.6) is 0 Å². The van der Waals surface area contributed by atoms with Gasteiger partial charge in [-0.2, -0.15) is 13.2 Å². The zero-order chi connectivity index (χ0) is 18.0. The Morgan fingerprint density at radius 2 is 2.24 bits per heavy atom. The van der Waals surface area contributed by atoms with E-state index in [9.17, 15) is 18.0 Å². The molecule has 140 valence electrons. The number of hydrogen-bond donors (Lipinski definition) is 1. The summed E-state index contributed by atoms with van der Waals surface area (Å²) in [5, 5.41) is 2.90. The second-order valence-corrected chi connectivity index (χ2v) is 6.89. The molecule has 0 saturated carbocycles. The predicted molar refractivity (Wildman–Crippen MR) is 84.0 cm³/mol. The van der Waals surface area contributed by atoms with Gasteiger partial charge in [-0.1, -0.05) is 0 Å². The summed E-state index contributed by atoms with van der Waals surface area (Å²) in [5.74, 6) is 0.951. The fraction of sp³-hybridized carbons (Fsp3) is 0.750. The SMILES string of the molecule is CN(C[C@H]1CCc2nc(C(F)(F)F)cn2C1)C(=O)NC[C@H]1CCOC1. The number of nitrogens with zero attached hydrogens (tertiary/aromatic N) is 3. The van der Waals surface area contributed by atoms with Crippen molar-refractivity contribution in [2.24, 2.45) is 11.8 Å². The molecular weight excluding hydrogens is 337 g/mol. The smallest absolute Gasteiger partial charge is 0.381 e. The molecule has 0 spiro atoms. The maximum atomic E-state index is 12.8. The first-order valence-electron chi connectivity index (χ1n) is 8.53. The molecule has 1 fully saturated rings. The van der Waals surface area contributed by atoms with E-state index >= 15 is 0 Å². The molecule has 0 radical (unpaired) electrons. The molecule has 6 nitrogen and oxygen atoms in total. The fourth-order valence-electron chi connectivity index (χ4n) is 3.38. The number of aromatic nitrogens is 2. The third-order valence-electron chi connectivity index (χ3n) is 4.83. The molecule has 2 aliphatic heterocycles. The number of amides is 2. The Morgan fingerprint density at radius 1 is 1.44 bits per heavy atom. The molecule has 3 rings (SSSR count). The molecule has 25 heavy (non-hydrogen) atoms. The molecule has 1 aromatic heterocycles. The van der Waals surface area contributed by atoms with Crippen molar-refractivity contribution < 1.29 is 22.7 Å². The number of carbonyl (C=O) groups is 1. The number of carbonyl (C=O) groups excluding carboxylic acids is 1. The largest absolute Gasteiger partial charge is 0.434 e. The first-order chi connectivity index (χ1) is 11.8. The highest BCUT2D eigenvalue weighted by molar-refractivity contribution is 5.73. The molecule has 0 bridgehead atoms. The van der Waals surface area contributed by atoms with E-state index in [1.807, 2.05) is 0 Å². The van der Waals surface area contributed by atoms with Crippen LogP contribution in [0.4, 0.5) is 18.0 Å². The summed E-state index contributed by atoms with van der Waals surface area (Å²) in [6.07, 6.45) is -1.17. The molecule has 1 N–H and O–H groups in total. The van der Waals surface area contributed by atoms with Gasteiger partial charge in [0.15, 0.2) is 5.69 Å². The average Bonchev–Trinajstić information content (AvgIpc) is 3.20. The van der Waals surface area contributed by atoms with Crippen LogP contribution in [0.2, 0.25) is 0 Å². The number of urea groups is 1. The third kappa shape index (κ3) is 4.45. The second kappa shape index (κ2) is 7.23. The van der Waals surface area contributed by atoms with E-state index < -0.39 is 11.9 Å². The fourth-order valence-corrected chi connectivity index (χ4v) is 3.38. The zero-order valence-corrected chi connectivity index (χ0v) is 14.2.